The van der Waals surface area contributed by atoms with Gasteiger partial charge >= 0.3 is 0 Å². The molecule has 0 bridgehead atoms. The molecule has 0 saturated heterocycles. The Labute approximate surface area is 108 Å². The second-order valence-electron chi connectivity index (χ2n) is 4.15. The van der Waals surface area contributed by atoms with E-state index in [1.807, 2.05) is 27.7 Å². The average molecular weight is 251 g/mol. The molecule has 0 aromatic heterocycles. The van der Waals surface area contributed by atoms with E-state index >= 15 is 0 Å². The quantitative estimate of drug-likeness (QED) is 0.845. The molecule has 1 amide bonds. The number of ether oxygens (including phenoxy) is 2. The van der Waals surface area contributed by atoms with E-state index in [4.69, 9.17) is 9.47 Å². The van der Waals surface area contributed by atoms with Crippen LogP contribution in [0.2, 0.25) is 0 Å². The maximum Gasteiger partial charge on any atom is 0.255 e. The third-order valence-electron chi connectivity index (χ3n) is 2.23. The van der Waals surface area contributed by atoms with E-state index in [1.54, 1.807) is 18.2 Å². The number of amides is 1. The summed E-state index contributed by atoms with van der Waals surface area (Å²) < 4.78 is 10.9. The van der Waals surface area contributed by atoms with E-state index in [0.29, 0.717) is 30.3 Å². The average Bonchev–Trinajstić information content (AvgIpc) is 2.29. The number of hydrogen-bond acceptors (Lipinski definition) is 3. The summed E-state index contributed by atoms with van der Waals surface area (Å²) in [5.74, 6) is 1.14. The van der Waals surface area contributed by atoms with Gasteiger partial charge in [-0.05, 0) is 39.8 Å². The Bertz CT molecular complexity index is 402. The second-order valence-corrected chi connectivity index (χ2v) is 4.15. The minimum atomic E-state index is -0.128. The van der Waals surface area contributed by atoms with Crippen LogP contribution in [-0.4, -0.2) is 25.2 Å². The first-order valence-corrected chi connectivity index (χ1v) is 6.29. The van der Waals surface area contributed by atoms with Crippen molar-refractivity contribution >= 4 is 5.91 Å². The minimum Gasteiger partial charge on any atom is -0.494 e. The van der Waals surface area contributed by atoms with E-state index < -0.39 is 0 Å². The maximum atomic E-state index is 12.0. The van der Waals surface area contributed by atoms with Crippen LogP contribution in [0.25, 0.3) is 0 Å². The van der Waals surface area contributed by atoms with Crippen molar-refractivity contribution in [2.24, 2.45) is 0 Å². The molecule has 0 saturated carbocycles. The Hall–Kier alpha value is -1.71. The highest BCUT2D eigenvalue weighted by molar-refractivity contribution is 5.97. The SMILES string of the molecule is CCOc1ccc(C(=O)NC(C)C)c(OCC)c1. The highest BCUT2D eigenvalue weighted by Gasteiger charge is 2.14. The van der Waals surface area contributed by atoms with Crippen LogP contribution >= 0.6 is 0 Å². The molecular formula is C14H21NO3. The molecule has 0 spiro atoms. The molecule has 1 aromatic rings. The summed E-state index contributed by atoms with van der Waals surface area (Å²) >= 11 is 0. The largest absolute Gasteiger partial charge is 0.494 e. The van der Waals surface area contributed by atoms with E-state index in [9.17, 15) is 4.79 Å². The van der Waals surface area contributed by atoms with Gasteiger partial charge in [0.15, 0.2) is 0 Å². The van der Waals surface area contributed by atoms with Crippen LogP contribution in [-0.2, 0) is 0 Å². The van der Waals surface area contributed by atoms with Gasteiger partial charge in [-0.15, -0.1) is 0 Å². The van der Waals surface area contributed by atoms with Crippen molar-refractivity contribution in [1.82, 2.24) is 5.32 Å². The molecule has 0 fully saturated rings. The van der Waals surface area contributed by atoms with Gasteiger partial charge in [-0.2, -0.15) is 0 Å². The zero-order chi connectivity index (χ0) is 13.5. The first-order valence-electron chi connectivity index (χ1n) is 6.29. The van der Waals surface area contributed by atoms with Crippen molar-refractivity contribution in [2.45, 2.75) is 33.7 Å². The molecule has 0 aliphatic rings. The minimum absolute atomic E-state index is 0.0959. The van der Waals surface area contributed by atoms with Gasteiger partial charge in [0.2, 0.25) is 0 Å². The van der Waals surface area contributed by atoms with Gasteiger partial charge in [-0.3, -0.25) is 4.79 Å². The topological polar surface area (TPSA) is 47.6 Å². The Morgan fingerprint density at radius 3 is 2.44 bits per heavy atom. The van der Waals surface area contributed by atoms with E-state index in [-0.39, 0.29) is 11.9 Å². The van der Waals surface area contributed by atoms with Gasteiger partial charge in [0.1, 0.15) is 11.5 Å². The van der Waals surface area contributed by atoms with Crippen molar-refractivity contribution in [1.29, 1.82) is 0 Å². The normalized spacial score (nSPS) is 10.3. The second kappa shape index (κ2) is 6.89. The zero-order valence-corrected chi connectivity index (χ0v) is 11.4. The third kappa shape index (κ3) is 3.95. The number of carbonyl (C=O) groups is 1. The summed E-state index contributed by atoms with van der Waals surface area (Å²) in [6.07, 6.45) is 0. The van der Waals surface area contributed by atoms with Gasteiger partial charge in [0.05, 0.1) is 18.8 Å². The number of hydrogen-bond donors (Lipinski definition) is 1. The summed E-state index contributed by atoms with van der Waals surface area (Å²) in [5, 5.41) is 2.85. The lowest BCUT2D eigenvalue weighted by atomic mass is 10.1. The van der Waals surface area contributed by atoms with Gasteiger partial charge < -0.3 is 14.8 Å². The highest BCUT2D eigenvalue weighted by Crippen LogP contribution is 2.25. The molecule has 1 aromatic carbocycles. The molecule has 4 nitrogen and oxygen atoms in total. The predicted octanol–water partition coefficient (Wildman–Crippen LogP) is 2.62. The van der Waals surface area contributed by atoms with Crippen LogP contribution in [0.15, 0.2) is 18.2 Å². The summed E-state index contributed by atoms with van der Waals surface area (Å²) in [4.78, 5) is 12.0. The zero-order valence-electron chi connectivity index (χ0n) is 11.4. The van der Waals surface area contributed by atoms with Crippen LogP contribution in [0, 0.1) is 0 Å². The molecule has 0 aliphatic carbocycles. The fourth-order valence-electron chi connectivity index (χ4n) is 1.56. The van der Waals surface area contributed by atoms with Crippen molar-refractivity contribution in [3.63, 3.8) is 0 Å². The smallest absolute Gasteiger partial charge is 0.255 e. The van der Waals surface area contributed by atoms with E-state index in [1.165, 1.54) is 0 Å². The first-order chi connectivity index (χ1) is 8.58. The lowest BCUT2D eigenvalue weighted by molar-refractivity contribution is 0.0939. The summed E-state index contributed by atoms with van der Waals surface area (Å²) in [6.45, 7) is 8.75. The van der Waals surface area contributed by atoms with Crippen molar-refractivity contribution in [3.8, 4) is 11.5 Å². The van der Waals surface area contributed by atoms with E-state index in [0.717, 1.165) is 0 Å². The molecule has 0 heterocycles. The molecule has 4 heteroatoms. The van der Waals surface area contributed by atoms with Crippen LogP contribution < -0.4 is 14.8 Å². The monoisotopic (exact) mass is 251 g/mol. The Balaban J connectivity index is 2.98. The number of carbonyl (C=O) groups excluding carboxylic acids is 1. The molecule has 18 heavy (non-hydrogen) atoms. The molecule has 0 radical (unpaired) electrons. The predicted molar refractivity (Wildman–Crippen MR) is 71.4 cm³/mol. The van der Waals surface area contributed by atoms with Crippen molar-refractivity contribution in [2.75, 3.05) is 13.2 Å². The Morgan fingerprint density at radius 1 is 1.22 bits per heavy atom. The third-order valence-corrected chi connectivity index (χ3v) is 2.23. The van der Waals surface area contributed by atoms with Crippen molar-refractivity contribution < 1.29 is 14.3 Å². The molecule has 100 valence electrons. The number of rotatable bonds is 6. The van der Waals surface area contributed by atoms with Gasteiger partial charge in [-0.25, -0.2) is 0 Å². The summed E-state index contributed by atoms with van der Waals surface area (Å²) in [7, 11) is 0. The van der Waals surface area contributed by atoms with Gasteiger partial charge in [0, 0.05) is 12.1 Å². The maximum absolute atomic E-state index is 12.0. The van der Waals surface area contributed by atoms with E-state index in [2.05, 4.69) is 5.32 Å². The highest BCUT2D eigenvalue weighted by atomic mass is 16.5. The molecular weight excluding hydrogens is 230 g/mol. The lowest BCUT2D eigenvalue weighted by Gasteiger charge is -2.14. The van der Waals surface area contributed by atoms with Gasteiger partial charge in [0.25, 0.3) is 5.91 Å². The molecule has 0 unspecified atom stereocenters. The van der Waals surface area contributed by atoms with Crippen LogP contribution in [0.1, 0.15) is 38.1 Å². The Kier molecular flexibility index (Phi) is 5.49. The fourth-order valence-corrected chi connectivity index (χ4v) is 1.56. The molecule has 1 rings (SSSR count). The van der Waals surface area contributed by atoms with Crippen molar-refractivity contribution in [3.05, 3.63) is 23.8 Å². The van der Waals surface area contributed by atoms with Gasteiger partial charge in [-0.1, -0.05) is 0 Å². The standard InChI is InChI=1S/C14H21NO3/c1-5-17-11-7-8-12(13(9-11)18-6-2)14(16)15-10(3)4/h7-10H,5-6H2,1-4H3,(H,15,16). The van der Waals surface area contributed by atoms with Crippen LogP contribution in [0.4, 0.5) is 0 Å². The molecule has 1 N–H and O–H groups in total. The first kappa shape index (κ1) is 14.4. The number of nitrogens with one attached hydrogen (secondary N) is 1. The van der Waals surface area contributed by atoms with Crippen LogP contribution in [0.5, 0.6) is 11.5 Å². The molecule has 0 atom stereocenters. The van der Waals surface area contributed by atoms with Crippen LogP contribution in [0.3, 0.4) is 0 Å². The lowest BCUT2D eigenvalue weighted by Crippen LogP contribution is -2.30. The fraction of sp³-hybridized carbons (Fsp3) is 0.500. The number of benzene rings is 1. The summed E-state index contributed by atoms with van der Waals surface area (Å²) in [6, 6.07) is 5.36. The summed E-state index contributed by atoms with van der Waals surface area (Å²) in [5.41, 5.74) is 0.536. The molecule has 0 aliphatic heterocycles. The Morgan fingerprint density at radius 2 is 1.89 bits per heavy atom.